The Morgan fingerprint density at radius 3 is 2.50 bits per heavy atom. The molecule has 1 rings (SSSR count). The summed E-state index contributed by atoms with van der Waals surface area (Å²) in [6, 6.07) is 0. The molecule has 0 bridgehead atoms. The molecule has 0 amide bonds. The number of allylic oxidation sites excluding steroid dienone is 3. The number of hydrogen-bond acceptors (Lipinski definition) is 0. The molecule has 1 unspecified atom stereocenters. The van der Waals surface area contributed by atoms with Gasteiger partial charge < -0.3 is 0 Å². The van der Waals surface area contributed by atoms with Crippen molar-refractivity contribution in [2.75, 3.05) is 0 Å². The lowest BCUT2D eigenvalue weighted by atomic mass is 9.70. The Morgan fingerprint density at radius 1 is 1.38 bits per heavy atom. The molecule has 3 heteroatoms. The fourth-order valence-electron chi connectivity index (χ4n) is 0.553. The zero-order valence-corrected chi connectivity index (χ0v) is 5.73. The van der Waals surface area contributed by atoms with E-state index in [1.807, 2.05) is 24.2 Å². The van der Waals surface area contributed by atoms with Gasteiger partial charge in [-0.25, -0.2) is 0 Å². The molecular formula is C5H5BCl2. The Labute approximate surface area is 59.2 Å². The molecule has 0 aromatic rings. The first-order valence-corrected chi connectivity index (χ1v) is 3.31. The molecule has 0 nitrogen and oxygen atoms in total. The minimum atomic E-state index is -0.0262. The largest absolute Gasteiger partial charge is 0.297 e. The summed E-state index contributed by atoms with van der Waals surface area (Å²) >= 11 is 11.4. The van der Waals surface area contributed by atoms with Crippen LogP contribution in [0.2, 0.25) is 0 Å². The first-order chi connectivity index (χ1) is 3.80. The van der Waals surface area contributed by atoms with E-state index in [0.29, 0.717) is 0 Å². The maximum atomic E-state index is 5.70. The van der Waals surface area contributed by atoms with Crippen LogP contribution in [0.15, 0.2) is 24.2 Å². The van der Waals surface area contributed by atoms with Crippen molar-refractivity contribution in [3.63, 3.8) is 0 Å². The molecule has 0 saturated heterocycles. The molecule has 1 aliphatic heterocycles. The molecule has 0 N–H and O–H groups in total. The molecule has 0 radical (unpaired) electrons. The second-order valence-electron chi connectivity index (χ2n) is 1.66. The van der Waals surface area contributed by atoms with Gasteiger partial charge in [-0.3, -0.25) is 0 Å². The third-order valence-corrected chi connectivity index (χ3v) is 1.97. The Balaban J connectivity index is 2.59. The lowest BCUT2D eigenvalue weighted by molar-refractivity contribution is 1.54. The van der Waals surface area contributed by atoms with Crippen LogP contribution in [-0.4, -0.2) is 11.4 Å². The van der Waals surface area contributed by atoms with Crippen LogP contribution in [0.3, 0.4) is 0 Å². The summed E-state index contributed by atoms with van der Waals surface area (Å²) in [4.78, 5) is 0. The summed E-state index contributed by atoms with van der Waals surface area (Å²) in [6.45, 7) is 0. The van der Waals surface area contributed by atoms with Crippen LogP contribution in [0.1, 0.15) is 0 Å². The van der Waals surface area contributed by atoms with E-state index >= 15 is 0 Å². The molecule has 1 aliphatic rings. The Bertz CT molecular complexity index is 114. The molecule has 1 atom stereocenters. The highest BCUT2D eigenvalue weighted by Crippen LogP contribution is 2.12. The van der Waals surface area contributed by atoms with E-state index in [-0.39, 0.29) is 11.4 Å². The molecular weight excluding hydrogens is 142 g/mol. The van der Waals surface area contributed by atoms with Crippen molar-refractivity contribution in [2.24, 2.45) is 0 Å². The maximum Gasteiger partial charge on any atom is 0.297 e. The van der Waals surface area contributed by atoms with E-state index < -0.39 is 0 Å². The van der Waals surface area contributed by atoms with Gasteiger partial charge in [0.2, 0.25) is 0 Å². The van der Waals surface area contributed by atoms with Gasteiger partial charge in [-0.1, -0.05) is 24.2 Å². The smallest absolute Gasteiger partial charge is 0.187 e. The van der Waals surface area contributed by atoms with Crippen LogP contribution >= 0.6 is 23.1 Å². The zero-order chi connectivity index (χ0) is 5.98. The Hall–Kier alpha value is 0.125. The normalized spacial score (nSPS) is 26.8. The predicted octanol–water partition coefficient (Wildman–Crippen LogP) is 2.03. The van der Waals surface area contributed by atoms with E-state index in [0.717, 1.165) is 0 Å². The monoisotopic (exact) mass is 146 g/mol. The van der Waals surface area contributed by atoms with E-state index in [2.05, 4.69) is 0 Å². The van der Waals surface area contributed by atoms with Crippen LogP contribution in [0.4, 0.5) is 0 Å². The maximum absolute atomic E-state index is 5.70. The van der Waals surface area contributed by atoms with Gasteiger partial charge in [-0.15, -0.1) is 11.6 Å². The van der Waals surface area contributed by atoms with Crippen molar-refractivity contribution in [1.29, 1.82) is 0 Å². The summed E-state index contributed by atoms with van der Waals surface area (Å²) in [5.41, 5.74) is 0. The van der Waals surface area contributed by atoms with Crippen molar-refractivity contribution in [2.45, 2.75) is 5.28 Å². The van der Waals surface area contributed by atoms with Crippen LogP contribution in [0.25, 0.3) is 0 Å². The van der Waals surface area contributed by atoms with E-state index in [4.69, 9.17) is 23.1 Å². The Morgan fingerprint density at radius 2 is 2.12 bits per heavy atom. The average molecular weight is 147 g/mol. The highest BCUT2D eigenvalue weighted by atomic mass is 35.5. The Kier molecular flexibility index (Phi) is 2.04. The number of rotatable bonds is 0. The minimum absolute atomic E-state index is 0.0262. The van der Waals surface area contributed by atoms with Gasteiger partial charge in [-0.2, -0.15) is 11.5 Å². The van der Waals surface area contributed by atoms with Gasteiger partial charge in [0.1, 0.15) is 0 Å². The van der Waals surface area contributed by atoms with Crippen LogP contribution in [-0.2, 0) is 0 Å². The molecule has 0 aliphatic carbocycles. The van der Waals surface area contributed by atoms with Crippen LogP contribution < -0.4 is 0 Å². The van der Waals surface area contributed by atoms with Crippen molar-refractivity contribution in [3.05, 3.63) is 24.2 Å². The molecule has 42 valence electrons. The SMILES string of the molecule is ClB1C=CC=CC1Cl. The quantitative estimate of drug-likeness (QED) is 0.363. The molecule has 0 saturated carbocycles. The topological polar surface area (TPSA) is 0 Å². The third-order valence-electron chi connectivity index (χ3n) is 1.01. The molecule has 0 spiro atoms. The summed E-state index contributed by atoms with van der Waals surface area (Å²) < 4.78 is 0. The predicted molar refractivity (Wildman–Crippen MR) is 39.5 cm³/mol. The molecule has 0 aromatic carbocycles. The van der Waals surface area contributed by atoms with E-state index in [9.17, 15) is 0 Å². The molecule has 1 heterocycles. The average Bonchev–Trinajstić information content (AvgIpc) is 1.77. The fourth-order valence-corrected chi connectivity index (χ4v) is 0.889. The van der Waals surface area contributed by atoms with E-state index in [1.54, 1.807) is 0 Å². The molecule has 8 heavy (non-hydrogen) atoms. The van der Waals surface area contributed by atoms with Crippen molar-refractivity contribution in [3.8, 4) is 0 Å². The van der Waals surface area contributed by atoms with Crippen molar-refractivity contribution < 1.29 is 0 Å². The number of hydrogen-bond donors (Lipinski definition) is 0. The first-order valence-electron chi connectivity index (χ1n) is 2.44. The number of alkyl halides is 1. The first kappa shape index (κ1) is 6.25. The zero-order valence-electron chi connectivity index (χ0n) is 4.22. The van der Waals surface area contributed by atoms with Crippen molar-refractivity contribution in [1.82, 2.24) is 0 Å². The highest BCUT2D eigenvalue weighted by molar-refractivity contribution is 7.13. The van der Waals surface area contributed by atoms with Crippen molar-refractivity contribution >= 4 is 29.2 Å². The van der Waals surface area contributed by atoms with Gasteiger partial charge in [0.25, 0.3) is 6.13 Å². The van der Waals surface area contributed by atoms with Gasteiger partial charge >= 0.3 is 0 Å². The second-order valence-corrected chi connectivity index (χ2v) is 2.67. The summed E-state index contributed by atoms with van der Waals surface area (Å²) in [5.74, 6) is 1.87. The third kappa shape index (κ3) is 1.30. The van der Waals surface area contributed by atoms with Gasteiger partial charge in [0, 0.05) is 0 Å². The highest BCUT2D eigenvalue weighted by Gasteiger charge is 2.16. The molecule has 0 aromatic heterocycles. The molecule has 0 fully saturated rings. The van der Waals surface area contributed by atoms with Gasteiger partial charge in [0.15, 0.2) is 0 Å². The van der Waals surface area contributed by atoms with Crippen LogP contribution in [0, 0.1) is 0 Å². The summed E-state index contributed by atoms with van der Waals surface area (Å²) in [5, 5.41) is -0.0262. The summed E-state index contributed by atoms with van der Waals surface area (Å²) in [6.07, 6.45) is 5.65. The fraction of sp³-hybridized carbons (Fsp3) is 0.200. The lowest BCUT2D eigenvalue weighted by Gasteiger charge is -2.05. The minimum Gasteiger partial charge on any atom is -0.187 e. The summed E-state index contributed by atoms with van der Waals surface area (Å²) in [7, 11) is 0. The van der Waals surface area contributed by atoms with E-state index in [1.165, 1.54) is 0 Å². The van der Waals surface area contributed by atoms with Crippen LogP contribution in [0.5, 0.6) is 0 Å². The van der Waals surface area contributed by atoms with Gasteiger partial charge in [-0.05, 0) is 0 Å². The number of halogens is 2. The van der Waals surface area contributed by atoms with Gasteiger partial charge in [0.05, 0.1) is 5.28 Å². The second kappa shape index (κ2) is 2.61. The standard InChI is InChI=1S/C5H5BCl2/c7-5-3-1-2-4-6(5)8/h1-5H. The lowest BCUT2D eigenvalue weighted by Crippen LogP contribution is -2.16.